The summed E-state index contributed by atoms with van der Waals surface area (Å²) in [5.41, 5.74) is 4.50. The van der Waals surface area contributed by atoms with Gasteiger partial charge in [0.2, 0.25) is 0 Å². The van der Waals surface area contributed by atoms with Crippen molar-refractivity contribution in [2.75, 3.05) is 6.61 Å². The predicted octanol–water partition coefficient (Wildman–Crippen LogP) is 2.99. The molecule has 0 bridgehead atoms. The van der Waals surface area contributed by atoms with Crippen LogP contribution in [0.2, 0.25) is 0 Å². The van der Waals surface area contributed by atoms with Gasteiger partial charge in [-0.15, -0.1) is 0 Å². The zero-order valence-electron chi connectivity index (χ0n) is 11.7. The first kappa shape index (κ1) is 14.4. The van der Waals surface area contributed by atoms with Crippen LogP contribution in [0.1, 0.15) is 49.8 Å². The fourth-order valence-corrected chi connectivity index (χ4v) is 3.22. The number of rotatable bonds is 5. The SMILES string of the molecule is CCOC1(C(NN)c2cc(F)ccc2C)CCCC1. The monoisotopic (exact) mass is 266 g/mol. The molecule has 1 atom stereocenters. The van der Waals surface area contributed by atoms with Gasteiger partial charge in [-0.05, 0) is 49.9 Å². The molecule has 0 amide bonds. The van der Waals surface area contributed by atoms with Gasteiger partial charge in [0.1, 0.15) is 5.82 Å². The number of hydrazine groups is 1. The third-order valence-corrected chi connectivity index (χ3v) is 4.13. The molecule has 106 valence electrons. The van der Waals surface area contributed by atoms with E-state index in [0.29, 0.717) is 6.61 Å². The Morgan fingerprint density at radius 2 is 2.11 bits per heavy atom. The van der Waals surface area contributed by atoms with Crippen LogP contribution in [0.15, 0.2) is 18.2 Å². The number of aryl methyl sites for hydroxylation is 1. The van der Waals surface area contributed by atoms with Gasteiger partial charge in [-0.1, -0.05) is 18.9 Å². The van der Waals surface area contributed by atoms with Crippen molar-refractivity contribution >= 4 is 0 Å². The smallest absolute Gasteiger partial charge is 0.123 e. The summed E-state index contributed by atoms with van der Waals surface area (Å²) in [7, 11) is 0. The lowest BCUT2D eigenvalue weighted by Gasteiger charge is -2.38. The molecule has 4 heteroatoms. The maximum atomic E-state index is 13.5. The van der Waals surface area contributed by atoms with Crippen LogP contribution in [0.4, 0.5) is 4.39 Å². The Hall–Kier alpha value is -0.970. The van der Waals surface area contributed by atoms with Crippen molar-refractivity contribution in [2.24, 2.45) is 5.84 Å². The Morgan fingerprint density at radius 3 is 2.68 bits per heavy atom. The van der Waals surface area contributed by atoms with Gasteiger partial charge in [-0.3, -0.25) is 11.3 Å². The summed E-state index contributed by atoms with van der Waals surface area (Å²) in [6.45, 7) is 4.62. The van der Waals surface area contributed by atoms with Gasteiger partial charge in [0, 0.05) is 6.61 Å². The van der Waals surface area contributed by atoms with E-state index in [1.54, 1.807) is 12.1 Å². The molecule has 0 heterocycles. The van der Waals surface area contributed by atoms with Crippen LogP contribution in [-0.2, 0) is 4.74 Å². The van der Waals surface area contributed by atoms with Crippen LogP contribution in [0, 0.1) is 12.7 Å². The molecule has 0 aliphatic heterocycles. The fourth-order valence-electron chi connectivity index (χ4n) is 3.22. The molecule has 19 heavy (non-hydrogen) atoms. The largest absolute Gasteiger partial charge is 0.373 e. The molecule has 0 aromatic heterocycles. The average Bonchev–Trinajstić information content (AvgIpc) is 2.84. The third-order valence-electron chi connectivity index (χ3n) is 4.13. The second kappa shape index (κ2) is 5.99. The highest BCUT2D eigenvalue weighted by Crippen LogP contribution is 2.43. The minimum absolute atomic E-state index is 0.161. The molecule has 3 nitrogen and oxygen atoms in total. The quantitative estimate of drug-likeness (QED) is 0.636. The third kappa shape index (κ3) is 2.81. The lowest BCUT2D eigenvalue weighted by molar-refractivity contribution is -0.0629. The molecule has 0 spiro atoms. The number of nitrogens with one attached hydrogen (secondary N) is 1. The van der Waals surface area contributed by atoms with E-state index in [1.807, 2.05) is 13.8 Å². The standard InChI is InChI=1S/C15H23FN2O/c1-3-19-15(8-4-5-9-15)14(18-17)13-10-12(16)7-6-11(13)2/h6-7,10,14,18H,3-5,8-9,17H2,1-2H3. The second-order valence-electron chi connectivity index (χ2n) is 5.31. The molecule has 1 aromatic rings. The van der Waals surface area contributed by atoms with Crippen molar-refractivity contribution in [1.82, 2.24) is 5.43 Å². The van der Waals surface area contributed by atoms with Crippen LogP contribution in [0.5, 0.6) is 0 Å². The Kier molecular flexibility index (Phi) is 4.55. The highest BCUT2D eigenvalue weighted by Gasteiger charge is 2.43. The number of hydrogen-bond acceptors (Lipinski definition) is 3. The first-order valence-electron chi connectivity index (χ1n) is 6.99. The highest BCUT2D eigenvalue weighted by atomic mass is 19.1. The van der Waals surface area contributed by atoms with Gasteiger partial charge in [-0.2, -0.15) is 0 Å². The summed E-state index contributed by atoms with van der Waals surface area (Å²) in [5.74, 6) is 5.54. The average molecular weight is 266 g/mol. The maximum absolute atomic E-state index is 13.5. The Bertz CT molecular complexity index is 430. The fraction of sp³-hybridized carbons (Fsp3) is 0.600. The molecule has 1 saturated carbocycles. The molecule has 1 aliphatic carbocycles. The summed E-state index contributed by atoms with van der Waals surface area (Å²) < 4.78 is 19.6. The van der Waals surface area contributed by atoms with E-state index in [4.69, 9.17) is 10.6 Å². The zero-order valence-corrected chi connectivity index (χ0v) is 11.7. The molecule has 0 saturated heterocycles. The first-order chi connectivity index (χ1) is 9.13. The van der Waals surface area contributed by atoms with Crippen molar-refractivity contribution in [3.8, 4) is 0 Å². The Morgan fingerprint density at radius 1 is 1.42 bits per heavy atom. The van der Waals surface area contributed by atoms with Crippen molar-refractivity contribution in [2.45, 2.75) is 51.2 Å². The van der Waals surface area contributed by atoms with E-state index in [-0.39, 0.29) is 17.5 Å². The summed E-state index contributed by atoms with van der Waals surface area (Å²) in [4.78, 5) is 0. The minimum atomic E-state index is -0.304. The Balaban J connectivity index is 2.39. The molecule has 1 unspecified atom stereocenters. The predicted molar refractivity (Wildman–Crippen MR) is 74.0 cm³/mol. The summed E-state index contributed by atoms with van der Waals surface area (Å²) in [6.07, 6.45) is 4.19. The highest BCUT2D eigenvalue weighted by molar-refractivity contribution is 5.32. The molecule has 0 radical (unpaired) electrons. The molecular formula is C15H23FN2O. The van der Waals surface area contributed by atoms with Crippen molar-refractivity contribution in [3.05, 3.63) is 35.1 Å². The second-order valence-corrected chi connectivity index (χ2v) is 5.31. The first-order valence-corrected chi connectivity index (χ1v) is 6.99. The van der Waals surface area contributed by atoms with Crippen LogP contribution >= 0.6 is 0 Å². The zero-order chi connectivity index (χ0) is 13.9. The van der Waals surface area contributed by atoms with E-state index in [1.165, 1.54) is 6.07 Å². The lowest BCUT2D eigenvalue weighted by atomic mass is 9.85. The molecule has 2 rings (SSSR count). The van der Waals surface area contributed by atoms with Gasteiger partial charge in [0.05, 0.1) is 11.6 Å². The number of nitrogens with two attached hydrogens (primary N) is 1. The topological polar surface area (TPSA) is 47.3 Å². The van der Waals surface area contributed by atoms with Crippen molar-refractivity contribution in [1.29, 1.82) is 0 Å². The Labute approximate surface area is 114 Å². The minimum Gasteiger partial charge on any atom is -0.373 e. The summed E-state index contributed by atoms with van der Waals surface area (Å²) >= 11 is 0. The maximum Gasteiger partial charge on any atom is 0.123 e. The van der Waals surface area contributed by atoms with Crippen LogP contribution in [-0.4, -0.2) is 12.2 Å². The van der Waals surface area contributed by atoms with E-state index in [9.17, 15) is 4.39 Å². The van der Waals surface area contributed by atoms with Gasteiger partial charge in [0.25, 0.3) is 0 Å². The van der Waals surface area contributed by atoms with Crippen LogP contribution in [0.3, 0.4) is 0 Å². The van der Waals surface area contributed by atoms with E-state index in [0.717, 1.165) is 36.8 Å². The van der Waals surface area contributed by atoms with E-state index in [2.05, 4.69) is 5.43 Å². The number of ether oxygens (including phenoxy) is 1. The van der Waals surface area contributed by atoms with Gasteiger partial charge in [-0.25, -0.2) is 4.39 Å². The number of benzene rings is 1. The molecule has 1 aromatic carbocycles. The molecular weight excluding hydrogens is 243 g/mol. The van der Waals surface area contributed by atoms with E-state index < -0.39 is 0 Å². The van der Waals surface area contributed by atoms with Crippen LogP contribution < -0.4 is 11.3 Å². The lowest BCUT2D eigenvalue weighted by Crippen LogP contribution is -2.47. The van der Waals surface area contributed by atoms with Crippen molar-refractivity contribution < 1.29 is 9.13 Å². The number of hydrogen-bond donors (Lipinski definition) is 2. The molecule has 1 fully saturated rings. The molecule has 3 N–H and O–H groups in total. The van der Waals surface area contributed by atoms with Gasteiger partial charge < -0.3 is 4.74 Å². The van der Waals surface area contributed by atoms with Gasteiger partial charge >= 0.3 is 0 Å². The molecule has 1 aliphatic rings. The summed E-state index contributed by atoms with van der Waals surface area (Å²) in [5, 5.41) is 0. The van der Waals surface area contributed by atoms with E-state index >= 15 is 0 Å². The van der Waals surface area contributed by atoms with Crippen LogP contribution in [0.25, 0.3) is 0 Å². The number of halogens is 1. The summed E-state index contributed by atoms with van der Waals surface area (Å²) in [6, 6.07) is 4.68. The van der Waals surface area contributed by atoms with Crippen molar-refractivity contribution in [3.63, 3.8) is 0 Å². The van der Waals surface area contributed by atoms with Gasteiger partial charge in [0.15, 0.2) is 0 Å². The normalized spacial score (nSPS) is 19.6.